The molecule has 0 amide bonds. The molecule has 0 aliphatic rings. The monoisotopic (exact) mass is 223 g/mol. The van der Waals surface area contributed by atoms with Crippen LogP contribution in [0.15, 0.2) is 30.3 Å². The van der Waals surface area contributed by atoms with E-state index in [-0.39, 0.29) is 13.0 Å². The molecule has 1 N–H and O–H groups in total. The van der Waals surface area contributed by atoms with Gasteiger partial charge in [0.2, 0.25) is 6.54 Å². The summed E-state index contributed by atoms with van der Waals surface area (Å²) in [6, 6.07) is 9.13. The van der Waals surface area contributed by atoms with Crippen molar-refractivity contribution in [3.63, 3.8) is 0 Å². The highest BCUT2D eigenvalue weighted by molar-refractivity contribution is 5.70. The second-order valence-corrected chi connectivity index (χ2v) is 3.57. The van der Waals surface area contributed by atoms with E-state index in [0.29, 0.717) is 6.42 Å². The predicted molar refractivity (Wildman–Crippen MR) is 57.8 cm³/mol. The van der Waals surface area contributed by atoms with Crippen molar-refractivity contribution in [3.8, 4) is 0 Å². The van der Waals surface area contributed by atoms with Gasteiger partial charge in [0, 0.05) is 11.3 Å². The van der Waals surface area contributed by atoms with Gasteiger partial charge in [0.25, 0.3) is 0 Å². The van der Waals surface area contributed by atoms with Gasteiger partial charge in [0.05, 0.1) is 5.92 Å². The number of rotatable bonds is 6. The van der Waals surface area contributed by atoms with Gasteiger partial charge in [-0.2, -0.15) is 0 Å². The summed E-state index contributed by atoms with van der Waals surface area (Å²) < 4.78 is 0. The normalized spacial score (nSPS) is 12.0. The summed E-state index contributed by atoms with van der Waals surface area (Å²) in [6.45, 7) is -0.302. The van der Waals surface area contributed by atoms with Gasteiger partial charge in [0.15, 0.2) is 0 Å². The Bertz CT molecular complexity index is 364. The highest BCUT2D eigenvalue weighted by Crippen LogP contribution is 2.12. The van der Waals surface area contributed by atoms with Gasteiger partial charge in [-0.15, -0.1) is 0 Å². The lowest BCUT2D eigenvalue weighted by atomic mass is 9.96. The molecule has 16 heavy (non-hydrogen) atoms. The van der Waals surface area contributed by atoms with Crippen molar-refractivity contribution in [2.45, 2.75) is 12.8 Å². The lowest BCUT2D eigenvalue weighted by molar-refractivity contribution is -0.481. The van der Waals surface area contributed by atoms with Crippen LogP contribution in [0.2, 0.25) is 0 Å². The number of nitrogens with zero attached hydrogens (tertiary/aromatic N) is 1. The first-order chi connectivity index (χ1) is 7.59. The standard InChI is InChI=1S/C11H13NO4/c13-11(14)10(6-7-12(15)16)8-9-4-2-1-3-5-9/h1-5,10H,6-8H2,(H,13,14). The third-order valence-corrected chi connectivity index (χ3v) is 2.33. The third-order valence-electron chi connectivity index (χ3n) is 2.33. The van der Waals surface area contributed by atoms with Gasteiger partial charge >= 0.3 is 5.97 Å². The van der Waals surface area contributed by atoms with Crippen LogP contribution in [0.5, 0.6) is 0 Å². The van der Waals surface area contributed by atoms with Gasteiger partial charge in [0.1, 0.15) is 0 Å². The molecule has 0 saturated heterocycles. The molecule has 86 valence electrons. The summed E-state index contributed by atoms with van der Waals surface area (Å²) in [5, 5.41) is 19.1. The van der Waals surface area contributed by atoms with Gasteiger partial charge in [-0.3, -0.25) is 14.9 Å². The molecule has 1 aromatic carbocycles. The van der Waals surface area contributed by atoms with Gasteiger partial charge < -0.3 is 5.11 Å². The summed E-state index contributed by atoms with van der Waals surface area (Å²) in [5.74, 6) is -1.67. The highest BCUT2D eigenvalue weighted by atomic mass is 16.6. The van der Waals surface area contributed by atoms with Crippen LogP contribution >= 0.6 is 0 Å². The molecule has 5 heteroatoms. The van der Waals surface area contributed by atoms with E-state index < -0.39 is 16.8 Å². The highest BCUT2D eigenvalue weighted by Gasteiger charge is 2.20. The van der Waals surface area contributed by atoms with Gasteiger partial charge in [-0.25, -0.2) is 0 Å². The van der Waals surface area contributed by atoms with E-state index in [1.165, 1.54) is 0 Å². The molecule has 0 aromatic heterocycles. The van der Waals surface area contributed by atoms with Crippen molar-refractivity contribution in [1.29, 1.82) is 0 Å². The van der Waals surface area contributed by atoms with Crippen molar-refractivity contribution in [2.75, 3.05) is 6.54 Å². The fourth-order valence-corrected chi connectivity index (χ4v) is 1.47. The molecular formula is C11H13NO4. The van der Waals surface area contributed by atoms with Crippen LogP contribution in [0.3, 0.4) is 0 Å². The molecule has 5 nitrogen and oxygen atoms in total. The van der Waals surface area contributed by atoms with Crippen molar-refractivity contribution in [3.05, 3.63) is 46.0 Å². The van der Waals surface area contributed by atoms with Crippen LogP contribution in [0.1, 0.15) is 12.0 Å². The SMILES string of the molecule is O=C(O)C(CC[N+](=O)[O-])Cc1ccccc1. The zero-order chi connectivity index (χ0) is 12.0. The van der Waals surface area contributed by atoms with Gasteiger partial charge in [-0.1, -0.05) is 30.3 Å². The molecule has 0 fully saturated rings. The zero-order valence-electron chi connectivity index (χ0n) is 8.70. The number of benzene rings is 1. The minimum absolute atomic E-state index is 0.0667. The second kappa shape index (κ2) is 5.85. The molecule has 0 saturated carbocycles. The minimum Gasteiger partial charge on any atom is -0.481 e. The quantitative estimate of drug-likeness (QED) is 0.586. The Morgan fingerprint density at radius 3 is 2.50 bits per heavy atom. The first kappa shape index (κ1) is 12.2. The number of hydrogen-bond donors (Lipinski definition) is 1. The van der Waals surface area contributed by atoms with E-state index in [0.717, 1.165) is 5.56 Å². The fourth-order valence-electron chi connectivity index (χ4n) is 1.47. The maximum absolute atomic E-state index is 10.9. The lowest BCUT2D eigenvalue weighted by Gasteiger charge is -2.09. The number of carbonyl (C=O) groups is 1. The average Bonchev–Trinajstić information content (AvgIpc) is 2.25. The second-order valence-electron chi connectivity index (χ2n) is 3.57. The Morgan fingerprint density at radius 1 is 1.38 bits per heavy atom. The predicted octanol–water partition coefficient (Wildman–Crippen LogP) is 1.60. The van der Waals surface area contributed by atoms with Crippen LogP contribution < -0.4 is 0 Å². The van der Waals surface area contributed by atoms with Crippen molar-refractivity contribution in [1.82, 2.24) is 0 Å². The largest absolute Gasteiger partial charge is 0.481 e. The Balaban J connectivity index is 2.58. The van der Waals surface area contributed by atoms with Crippen molar-refractivity contribution < 1.29 is 14.8 Å². The number of nitro groups is 1. The third kappa shape index (κ3) is 4.08. The van der Waals surface area contributed by atoms with Crippen LogP contribution in [-0.4, -0.2) is 22.5 Å². The smallest absolute Gasteiger partial charge is 0.307 e. The Morgan fingerprint density at radius 2 is 2.00 bits per heavy atom. The molecule has 0 aliphatic heterocycles. The molecule has 0 aliphatic carbocycles. The molecule has 0 spiro atoms. The molecule has 1 atom stereocenters. The number of carboxylic acid groups (broad SMARTS) is 1. The van der Waals surface area contributed by atoms with E-state index in [4.69, 9.17) is 5.11 Å². The first-order valence-electron chi connectivity index (χ1n) is 4.98. The maximum Gasteiger partial charge on any atom is 0.307 e. The number of aliphatic carboxylic acids is 1. The molecule has 1 unspecified atom stereocenters. The average molecular weight is 223 g/mol. The van der Waals surface area contributed by atoms with E-state index in [1.54, 1.807) is 0 Å². The van der Waals surface area contributed by atoms with Crippen molar-refractivity contribution >= 4 is 5.97 Å². The lowest BCUT2D eigenvalue weighted by Crippen LogP contribution is -2.20. The van der Waals surface area contributed by atoms with Crippen LogP contribution in [0, 0.1) is 16.0 Å². The first-order valence-corrected chi connectivity index (χ1v) is 4.98. The van der Waals surface area contributed by atoms with Gasteiger partial charge in [-0.05, 0) is 12.0 Å². The van der Waals surface area contributed by atoms with Crippen molar-refractivity contribution in [2.24, 2.45) is 5.92 Å². The molecule has 0 radical (unpaired) electrons. The summed E-state index contributed by atoms with van der Waals surface area (Å²) in [6.07, 6.45) is 0.404. The molecular weight excluding hydrogens is 210 g/mol. The zero-order valence-corrected chi connectivity index (χ0v) is 8.70. The molecule has 1 rings (SSSR count). The minimum atomic E-state index is -0.981. The molecule has 1 aromatic rings. The summed E-state index contributed by atoms with van der Waals surface area (Å²) in [5.41, 5.74) is 0.887. The molecule has 0 heterocycles. The number of hydrogen-bond acceptors (Lipinski definition) is 3. The number of carboxylic acids is 1. The van der Waals surface area contributed by atoms with E-state index in [9.17, 15) is 14.9 Å². The van der Waals surface area contributed by atoms with E-state index in [1.807, 2.05) is 30.3 Å². The fraction of sp³-hybridized carbons (Fsp3) is 0.364. The van der Waals surface area contributed by atoms with E-state index >= 15 is 0 Å². The van der Waals surface area contributed by atoms with Crippen LogP contribution in [-0.2, 0) is 11.2 Å². The summed E-state index contributed by atoms with van der Waals surface area (Å²) in [4.78, 5) is 20.6. The summed E-state index contributed by atoms with van der Waals surface area (Å²) >= 11 is 0. The Hall–Kier alpha value is -1.91. The van der Waals surface area contributed by atoms with E-state index in [2.05, 4.69) is 0 Å². The Labute approximate surface area is 92.9 Å². The summed E-state index contributed by atoms with van der Waals surface area (Å²) in [7, 11) is 0. The Kier molecular flexibility index (Phi) is 4.44. The van der Waals surface area contributed by atoms with Crippen LogP contribution in [0.25, 0.3) is 0 Å². The van der Waals surface area contributed by atoms with Crippen LogP contribution in [0.4, 0.5) is 0 Å². The maximum atomic E-state index is 10.9. The molecule has 0 bridgehead atoms. The topological polar surface area (TPSA) is 80.4 Å².